The molecule has 0 amide bonds. The molecule has 46 heavy (non-hydrogen) atoms. The van der Waals surface area contributed by atoms with Crippen LogP contribution in [0.5, 0.6) is 11.5 Å². The molecular formula is C33H21F11O2. The Balaban J connectivity index is 1.52. The van der Waals surface area contributed by atoms with Crippen molar-refractivity contribution >= 4 is 0 Å². The monoisotopic (exact) mass is 658 g/mol. The molecule has 0 atom stereocenters. The maximum atomic E-state index is 14.8. The Bertz CT molecular complexity index is 1760. The van der Waals surface area contributed by atoms with Crippen molar-refractivity contribution in [3.05, 3.63) is 118 Å². The normalized spacial score (nSPS) is 11.7. The molecule has 0 saturated heterocycles. The highest BCUT2D eigenvalue weighted by molar-refractivity contribution is 5.67. The molecule has 0 N–H and O–H groups in total. The molecule has 242 valence electrons. The Kier molecular flexibility index (Phi) is 10.2. The van der Waals surface area contributed by atoms with Crippen LogP contribution in [0.3, 0.4) is 0 Å². The van der Waals surface area contributed by atoms with E-state index in [4.69, 9.17) is 0 Å². The molecular weight excluding hydrogens is 637 g/mol. The van der Waals surface area contributed by atoms with Crippen molar-refractivity contribution in [1.82, 2.24) is 0 Å². The van der Waals surface area contributed by atoms with Crippen molar-refractivity contribution in [2.75, 3.05) is 0 Å². The zero-order valence-electron chi connectivity index (χ0n) is 23.6. The van der Waals surface area contributed by atoms with Crippen molar-refractivity contribution in [1.29, 1.82) is 0 Å². The van der Waals surface area contributed by atoms with Crippen LogP contribution in [0.2, 0.25) is 0 Å². The number of hydrogen-bond acceptors (Lipinski definition) is 2. The number of aryl methyl sites for hydroxylation is 1. The van der Waals surface area contributed by atoms with Gasteiger partial charge >= 0.3 is 12.5 Å². The van der Waals surface area contributed by atoms with Crippen LogP contribution in [-0.4, -0.2) is 6.36 Å². The summed E-state index contributed by atoms with van der Waals surface area (Å²) >= 11 is 0. The van der Waals surface area contributed by atoms with E-state index in [0.29, 0.717) is 30.2 Å². The molecule has 0 spiro atoms. The van der Waals surface area contributed by atoms with E-state index in [1.807, 2.05) is 6.92 Å². The topological polar surface area (TPSA) is 18.5 Å². The summed E-state index contributed by atoms with van der Waals surface area (Å²) in [6.45, 7) is 1.98. The number of hydrogen-bond donors (Lipinski definition) is 0. The predicted molar refractivity (Wildman–Crippen MR) is 145 cm³/mol. The summed E-state index contributed by atoms with van der Waals surface area (Å²) in [5, 5.41) is 0. The van der Waals surface area contributed by atoms with Gasteiger partial charge in [0.05, 0.1) is 16.7 Å². The molecule has 0 saturated carbocycles. The molecule has 0 heterocycles. The van der Waals surface area contributed by atoms with Crippen LogP contribution < -0.4 is 9.47 Å². The molecule has 13 heteroatoms. The summed E-state index contributed by atoms with van der Waals surface area (Å²) in [5.41, 5.74) is -3.12. The third-order valence-electron chi connectivity index (χ3n) is 6.49. The number of benzene rings is 4. The van der Waals surface area contributed by atoms with Crippen molar-refractivity contribution < 1.29 is 57.8 Å². The van der Waals surface area contributed by atoms with Crippen LogP contribution >= 0.6 is 0 Å². The van der Waals surface area contributed by atoms with E-state index < -0.39 is 86.7 Å². The van der Waals surface area contributed by atoms with E-state index >= 15 is 0 Å². The van der Waals surface area contributed by atoms with Gasteiger partial charge in [-0.05, 0) is 72.5 Å². The van der Waals surface area contributed by atoms with Crippen LogP contribution in [0.1, 0.15) is 48.4 Å². The molecule has 0 aromatic heterocycles. The van der Waals surface area contributed by atoms with E-state index in [1.165, 1.54) is 6.07 Å². The van der Waals surface area contributed by atoms with Crippen LogP contribution in [0.4, 0.5) is 48.3 Å². The van der Waals surface area contributed by atoms with Crippen molar-refractivity contribution in [3.63, 3.8) is 0 Å². The Morgan fingerprint density at radius 1 is 0.630 bits per heavy atom. The van der Waals surface area contributed by atoms with E-state index in [2.05, 4.69) is 21.3 Å². The van der Waals surface area contributed by atoms with Gasteiger partial charge in [0.15, 0.2) is 11.6 Å². The average molecular weight is 659 g/mol. The second kappa shape index (κ2) is 13.7. The highest BCUT2D eigenvalue weighted by atomic mass is 19.4. The second-order valence-corrected chi connectivity index (χ2v) is 9.91. The van der Waals surface area contributed by atoms with Gasteiger partial charge in [-0.2, -0.15) is 8.78 Å². The molecule has 0 bridgehead atoms. The molecule has 4 aromatic rings. The minimum Gasteiger partial charge on any atom is -0.429 e. The number of ether oxygens (including phenoxy) is 2. The van der Waals surface area contributed by atoms with Gasteiger partial charge < -0.3 is 9.47 Å². The van der Waals surface area contributed by atoms with Crippen LogP contribution in [0.25, 0.3) is 11.1 Å². The molecule has 4 rings (SSSR count). The molecule has 4 aromatic carbocycles. The molecule has 0 aliphatic rings. The molecule has 2 nitrogen and oxygen atoms in total. The first-order chi connectivity index (χ1) is 21.6. The van der Waals surface area contributed by atoms with E-state index in [-0.39, 0.29) is 12.1 Å². The molecule has 0 aliphatic carbocycles. The highest BCUT2D eigenvalue weighted by Crippen LogP contribution is 2.36. The maximum Gasteiger partial charge on any atom is 0.573 e. The number of rotatable bonds is 9. The van der Waals surface area contributed by atoms with E-state index in [9.17, 15) is 48.3 Å². The summed E-state index contributed by atoms with van der Waals surface area (Å²) in [7, 11) is 0. The first-order valence-electron chi connectivity index (χ1n) is 13.5. The van der Waals surface area contributed by atoms with Gasteiger partial charge in [0.25, 0.3) is 0 Å². The largest absolute Gasteiger partial charge is 0.573 e. The quantitative estimate of drug-likeness (QED) is 0.101. The Hall–Kier alpha value is -4.73. The van der Waals surface area contributed by atoms with Crippen molar-refractivity contribution in [2.45, 2.75) is 45.1 Å². The number of halogens is 11. The summed E-state index contributed by atoms with van der Waals surface area (Å²) in [6.07, 6.45) is -6.51. The Labute approximate surface area is 255 Å². The lowest BCUT2D eigenvalue weighted by atomic mass is 10.0. The lowest BCUT2D eigenvalue weighted by Crippen LogP contribution is -2.23. The highest BCUT2D eigenvalue weighted by Gasteiger charge is 2.38. The maximum absolute atomic E-state index is 14.8. The van der Waals surface area contributed by atoms with Gasteiger partial charge in [-0.1, -0.05) is 37.7 Å². The summed E-state index contributed by atoms with van der Waals surface area (Å²) in [6, 6.07) is 7.31. The smallest absolute Gasteiger partial charge is 0.429 e. The first kappa shape index (κ1) is 34.1. The van der Waals surface area contributed by atoms with Crippen molar-refractivity contribution in [3.8, 4) is 34.5 Å². The summed E-state index contributed by atoms with van der Waals surface area (Å²) in [5.74, 6) is -6.96. The van der Waals surface area contributed by atoms with Gasteiger partial charge in [0.2, 0.25) is 5.75 Å². The standard InChI is InChI=1S/C33H21F11O2/c1-2-3-4-5-18-7-11-23(25(35)12-18)32(40,41)45-22-10-9-20(24(34)17-22)8-6-19-13-26(36)30(27(37)14-19)21-15-28(38)31(29(39)16-21)46-33(42,43)44/h7,9-17H,2-5H2,1H3. The van der Waals surface area contributed by atoms with Gasteiger partial charge in [0.1, 0.15) is 29.0 Å². The zero-order valence-corrected chi connectivity index (χ0v) is 23.6. The molecule has 0 fully saturated rings. The van der Waals surface area contributed by atoms with Crippen LogP contribution in [-0.2, 0) is 12.5 Å². The lowest BCUT2D eigenvalue weighted by Gasteiger charge is -2.19. The summed E-state index contributed by atoms with van der Waals surface area (Å²) < 4.78 is 161. The lowest BCUT2D eigenvalue weighted by molar-refractivity contribution is -0.276. The number of alkyl halides is 5. The van der Waals surface area contributed by atoms with E-state index in [0.717, 1.165) is 43.5 Å². The summed E-state index contributed by atoms with van der Waals surface area (Å²) in [4.78, 5) is 0. The molecule has 0 unspecified atom stereocenters. The number of unbranched alkanes of at least 4 members (excludes halogenated alkanes) is 2. The van der Waals surface area contributed by atoms with E-state index in [1.54, 1.807) is 0 Å². The second-order valence-electron chi connectivity index (χ2n) is 9.91. The third-order valence-corrected chi connectivity index (χ3v) is 6.49. The fourth-order valence-corrected chi connectivity index (χ4v) is 4.37. The molecule has 0 aliphatic heterocycles. The molecule has 0 radical (unpaired) electrons. The van der Waals surface area contributed by atoms with Gasteiger partial charge in [0, 0.05) is 11.6 Å². The van der Waals surface area contributed by atoms with Crippen LogP contribution in [0.15, 0.2) is 60.7 Å². The minimum absolute atomic E-state index is 0.234. The fourth-order valence-electron chi connectivity index (χ4n) is 4.37. The average Bonchev–Trinajstić information content (AvgIpc) is 2.93. The fraction of sp³-hybridized carbons (Fsp3) is 0.212. The Morgan fingerprint density at radius 2 is 1.28 bits per heavy atom. The Morgan fingerprint density at radius 3 is 1.85 bits per heavy atom. The van der Waals surface area contributed by atoms with Gasteiger partial charge in [-0.15, -0.1) is 13.2 Å². The van der Waals surface area contributed by atoms with Gasteiger partial charge in [-0.25, -0.2) is 26.3 Å². The zero-order chi connectivity index (χ0) is 33.8. The SMILES string of the molecule is CCCCCc1ccc(C(F)(F)Oc2ccc(C#Cc3cc(F)c(-c4cc(F)c(OC(F)(F)F)c(F)c4)c(F)c3)c(F)c2)c(F)c1. The predicted octanol–water partition coefficient (Wildman–Crippen LogP) is 10.3. The third kappa shape index (κ3) is 8.29. The van der Waals surface area contributed by atoms with Crippen LogP contribution in [0, 0.1) is 46.7 Å². The first-order valence-corrected chi connectivity index (χ1v) is 13.5. The minimum atomic E-state index is -5.43. The van der Waals surface area contributed by atoms with Crippen molar-refractivity contribution in [2.24, 2.45) is 0 Å². The van der Waals surface area contributed by atoms with Gasteiger partial charge in [-0.3, -0.25) is 0 Å².